The van der Waals surface area contributed by atoms with Gasteiger partial charge in [-0.2, -0.15) is 0 Å². The van der Waals surface area contributed by atoms with Crippen LogP contribution in [0.25, 0.3) is 0 Å². The molecule has 0 aliphatic carbocycles. The zero-order valence-electron chi connectivity index (χ0n) is 4.50. The molecule has 0 aromatic rings. The highest BCUT2D eigenvalue weighted by atomic mass is 16.3. The molecular weight excluding hydrogens is 106 g/mol. The monoisotopic (exact) mass is 115 g/mol. The largest absolute Gasteiger partial charge is 0.387 e. The van der Waals surface area contributed by atoms with Gasteiger partial charge in [0, 0.05) is 6.54 Å². The summed E-state index contributed by atoms with van der Waals surface area (Å²) in [6.45, 7) is 3.55. The predicted octanol–water partition coefficient (Wildman–Crippen LogP) is -0.721. The Morgan fingerprint density at radius 2 is 2.50 bits per heavy atom. The van der Waals surface area contributed by atoms with Crippen LogP contribution in [-0.2, 0) is 4.79 Å². The minimum Gasteiger partial charge on any atom is -0.387 e. The molecule has 46 valence electrons. The molecule has 1 unspecified atom stereocenters. The number of amides is 1. The Kier molecular flexibility index (Phi) is 3.88. The first-order valence-corrected chi connectivity index (χ1v) is 2.29. The molecule has 0 saturated carbocycles. The Morgan fingerprint density at radius 1 is 1.88 bits per heavy atom. The molecule has 0 radical (unpaired) electrons. The molecule has 8 heavy (non-hydrogen) atoms. The lowest BCUT2D eigenvalue weighted by Gasteiger charge is -2.00. The lowest BCUT2D eigenvalue weighted by Crippen LogP contribution is -2.23. The summed E-state index contributed by atoms with van der Waals surface area (Å²) in [5.41, 5.74) is 0. The summed E-state index contributed by atoms with van der Waals surface area (Å²) in [5, 5.41) is 10.9. The van der Waals surface area contributed by atoms with Gasteiger partial charge in [-0.1, -0.05) is 6.08 Å². The Morgan fingerprint density at radius 3 is 2.88 bits per heavy atom. The molecule has 0 spiro atoms. The Bertz CT molecular complexity index is 82.5. The first kappa shape index (κ1) is 7.17. The van der Waals surface area contributed by atoms with E-state index in [1.54, 1.807) is 0 Å². The summed E-state index contributed by atoms with van der Waals surface area (Å²) < 4.78 is 0. The van der Waals surface area contributed by atoms with E-state index in [1.165, 1.54) is 6.08 Å². The maximum absolute atomic E-state index is 9.57. The highest BCUT2D eigenvalue weighted by molar-refractivity contribution is 5.45. The van der Waals surface area contributed by atoms with E-state index < -0.39 is 6.10 Å². The summed E-state index contributed by atoms with van der Waals surface area (Å²) in [4.78, 5) is 9.57. The van der Waals surface area contributed by atoms with E-state index in [2.05, 4.69) is 11.9 Å². The number of aliphatic hydroxyl groups is 1. The second-order valence-corrected chi connectivity index (χ2v) is 1.33. The number of carbonyl (C=O) groups excluding carboxylic acids is 1. The third kappa shape index (κ3) is 3.36. The average Bonchev–Trinajstić information content (AvgIpc) is 1.83. The van der Waals surface area contributed by atoms with Gasteiger partial charge in [-0.25, -0.2) is 0 Å². The number of hydrogen-bond acceptors (Lipinski definition) is 2. The average molecular weight is 115 g/mol. The molecule has 0 fully saturated rings. The van der Waals surface area contributed by atoms with Gasteiger partial charge in [0.15, 0.2) is 0 Å². The Balaban J connectivity index is 3.09. The van der Waals surface area contributed by atoms with Crippen molar-refractivity contribution >= 4 is 6.41 Å². The van der Waals surface area contributed by atoms with E-state index >= 15 is 0 Å². The lowest BCUT2D eigenvalue weighted by molar-refractivity contribution is -0.109. The molecule has 1 atom stereocenters. The maximum Gasteiger partial charge on any atom is 0.207 e. The Labute approximate surface area is 48.0 Å². The van der Waals surface area contributed by atoms with Gasteiger partial charge >= 0.3 is 0 Å². The first-order chi connectivity index (χ1) is 3.81. The normalized spacial score (nSPS) is 12.1. The SMILES string of the molecule is C=CC(O)CNC=O. The fraction of sp³-hybridized carbons (Fsp3) is 0.400. The van der Waals surface area contributed by atoms with E-state index in [-0.39, 0.29) is 6.54 Å². The van der Waals surface area contributed by atoms with Gasteiger partial charge in [-0.3, -0.25) is 4.79 Å². The maximum atomic E-state index is 9.57. The van der Waals surface area contributed by atoms with Gasteiger partial charge in [-0.15, -0.1) is 6.58 Å². The van der Waals surface area contributed by atoms with Crippen molar-refractivity contribution in [2.24, 2.45) is 0 Å². The molecule has 3 nitrogen and oxygen atoms in total. The molecule has 2 N–H and O–H groups in total. The van der Waals surface area contributed by atoms with Gasteiger partial charge < -0.3 is 10.4 Å². The van der Waals surface area contributed by atoms with Crippen molar-refractivity contribution in [3.8, 4) is 0 Å². The molecule has 0 aromatic heterocycles. The Hall–Kier alpha value is -0.830. The van der Waals surface area contributed by atoms with Crippen molar-refractivity contribution in [1.82, 2.24) is 5.32 Å². The molecular formula is C5H9NO2. The molecule has 0 bridgehead atoms. The van der Waals surface area contributed by atoms with E-state index in [0.717, 1.165) is 0 Å². The van der Waals surface area contributed by atoms with Crippen molar-refractivity contribution in [1.29, 1.82) is 0 Å². The van der Waals surface area contributed by atoms with Gasteiger partial charge in [0.05, 0.1) is 6.10 Å². The minimum atomic E-state index is -0.625. The molecule has 1 amide bonds. The van der Waals surface area contributed by atoms with Gasteiger partial charge in [0.25, 0.3) is 0 Å². The summed E-state index contributed by atoms with van der Waals surface area (Å²) in [7, 11) is 0. The van der Waals surface area contributed by atoms with Crippen LogP contribution in [0.1, 0.15) is 0 Å². The quantitative estimate of drug-likeness (QED) is 0.375. The van der Waals surface area contributed by atoms with E-state index in [4.69, 9.17) is 5.11 Å². The van der Waals surface area contributed by atoms with Crippen molar-refractivity contribution < 1.29 is 9.90 Å². The summed E-state index contributed by atoms with van der Waals surface area (Å²) in [5.74, 6) is 0. The smallest absolute Gasteiger partial charge is 0.207 e. The van der Waals surface area contributed by atoms with E-state index in [9.17, 15) is 4.79 Å². The van der Waals surface area contributed by atoms with Crippen LogP contribution in [0.4, 0.5) is 0 Å². The zero-order valence-corrected chi connectivity index (χ0v) is 4.50. The van der Waals surface area contributed by atoms with Crippen LogP contribution in [-0.4, -0.2) is 24.2 Å². The first-order valence-electron chi connectivity index (χ1n) is 2.29. The van der Waals surface area contributed by atoms with E-state index in [1.807, 2.05) is 0 Å². The summed E-state index contributed by atoms with van der Waals surface area (Å²) in [6.07, 6.45) is 1.27. The van der Waals surface area contributed by atoms with Crippen molar-refractivity contribution in [2.75, 3.05) is 6.54 Å². The van der Waals surface area contributed by atoms with Crippen LogP contribution in [0.3, 0.4) is 0 Å². The van der Waals surface area contributed by atoms with Crippen molar-refractivity contribution in [3.63, 3.8) is 0 Å². The van der Waals surface area contributed by atoms with Gasteiger partial charge in [0.2, 0.25) is 6.41 Å². The predicted molar refractivity (Wildman–Crippen MR) is 30.3 cm³/mol. The number of carbonyl (C=O) groups is 1. The highest BCUT2D eigenvalue weighted by Gasteiger charge is 1.92. The van der Waals surface area contributed by atoms with Crippen LogP contribution in [0.15, 0.2) is 12.7 Å². The van der Waals surface area contributed by atoms with Crippen LogP contribution >= 0.6 is 0 Å². The molecule has 3 heteroatoms. The van der Waals surface area contributed by atoms with Crippen LogP contribution in [0.5, 0.6) is 0 Å². The molecule has 0 heterocycles. The van der Waals surface area contributed by atoms with Gasteiger partial charge in [-0.05, 0) is 0 Å². The fourth-order valence-electron chi connectivity index (χ4n) is 0.252. The second-order valence-electron chi connectivity index (χ2n) is 1.33. The molecule has 0 aromatic carbocycles. The topological polar surface area (TPSA) is 49.3 Å². The standard InChI is InChI=1S/C5H9NO2/c1-2-5(8)3-6-4-7/h2,4-5,8H,1,3H2,(H,6,7). The summed E-state index contributed by atoms with van der Waals surface area (Å²) in [6, 6.07) is 0. The summed E-state index contributed by atoms with van der Waals surface area (Å²) >= 11 is 0. The third-order valence-corrected chi connectivity index (χ3v) is 0.682. The molecule has 0 aliphatic rings. The van der Waals surface area contributed by atoms with Crippen LogP contribution < -0.4 is 5.32 Å². The number of nitrogens with one attached hydrogen (secondary N) is 1. The van der Waals surface area contributed by atoms with Crippen LogP contribution in [0, 0.1) is 0 Å². The van der Waals surface area contributed by atoms with Gasteiger partial charge in [0.1, 0.15) is 0 Å². The van der Waals surface area contributed by atoms with Crippen LogP contribution in [0.2, 0.25) is 0 Å². The molecule has 0 saturated heterocycles. The van der Waals surface area contributed by atoms with E-state index in [0.29, 0.717) is 6.41 Å². The second kappa shape index (κ2) is 4.33. The van der Waals surface area contributed by atoms with Crippen molar-refractivity contribution in [3.05, 3.63) is 12.7 Å². The number of rotatable bonds is 4. The zero-order chi connectivity index (χ0) is 6.41. The third-order valence-electron chi connectivity index (χ3n) is 0.682. The number of hydrogen-bond donors (Lipinski definition) is 2. The fourth-order valence-corrected chi connectivity index (χ4v) is 0.252. The van der Waals surface area contributed by atoms with Crippen molar-refractivity contribution in [2.45, 2.75) is 6.10 Å². The lowest BCUT2D eigenvalue weighted by atomic mass is 10.3. The number of aliphatic hydroxyl groups excluding tert-OH is 1. The highest BCUT2D eigenvalue weighted by Crippen LogP contribution is 1.76. The molecule has 0 rings (SSSR count). The minimum absolute atomic E-state index is 0.243. The molecule has 0 aliphatic heterocycles.